The van der Waals surface area contributed by atoms with Crippen LogP contribution in [0.15, 0.2) is 11.4 Å². The lowest BCUT2D eigenvalue weighted by Crippen LogP contribution is -2.61. The van der Waals surface area contributed by atoms with Crippen LogP contribution >= 0.6 is 11.8 Å². The molecule has 26 heavy (non-hydrogen) atoms. The van der Waals surface area contributed by atoms with E-state index in [9.17, 15) is 9.90 Å². The van der Waals surface area contributed by atoms with Crippen molar-refractivity contribution >= 4 is 23.5 Å². The lowest BCUT2D eigenvalue weighted by Gasteiger charge is -2.60. The summed E-state index contributed by atoms with van der Waals surface area (Å²) in [6.45, 7) is 2.12. The third-order valence-corrected chi connectivity index (χ3v) is 7.49. The molecule has 1 aromatic heterocycles. The predicted octanol–water partition coefficient (Wildman–Crippen LogP) is 2.45. The van der Waals surface area contributed by atoms with Crippen molar-refractivity contribution in [3.8, 4) is 0 Å². The molecule has 4 aliphatic carbocycles. The van der Waals surface area contributed by atoms with E-state index in [4.69, 9.17) is 10.7 Å². The summed E-state index contributed by atoms with van der Waals surface area (Å²) in [5.41, 5.74) is 5.53. The molecule has 1 aromatic rings. The molecule has 1 heterocycles. The van der Waals surface area contributed by atoms with Gasteiger partial charge < -0.3 is 15.7 Å². The fourth-order valence-electron chi connectivity index (χ4n) is 5.79. The standard InChI is InChI=1S/C19H28N4O2S/c1-3-4-26-18-21-10-14(16(20)24)17(22-18)23(2)15-12-5-11-6-13(15)9-19(25,7-11)8-12/h10-13,15,25H,3-9H2,1-2H3,(H2,20,24). The summed E-state index contributed by atoms with van der Waals surface area (Å²) >= 11 is 1.61. The van der Waals surface area contributed by atoms with Gasteiger partial charge >= 0.3 is 0 Å². The maximum Gasteiger partial charge on any atom is 0.254 e. The number of amides is 1. The topological polar surface area (TPSA) is 92.3 Å². The van der Waals surface area contributed by atoms with Gasteiger partial charge in [-0.15, -0.1) is 0 Å². The molecule has 142 valence electrons. The molecule has 2 atom stereocenters. The second-order valence-electron chi connectivity index (χ2n) is 8.40. The number of primary amides is 1. The van der Waals surface area contributed by atoms with Crippen LogP contribution in [-0.2, 0) is 0 Å². The van der Waals surface area contributed by atoms with Crippen LogP contribution < -0.4 is 10.6 Å². The van der Waals surface area contributed by atoms with Crippen LogP contribution in [-0.4, -0.2) is 45.4 Å². The van der Waals surface area contributed by atoms with Crippen molar-refractivity contribution in [3.05, 3.63) is 11.8 Å². The molecule has 4 fully saturated rings. The molecule has 3 N–H and O–H groups in total. The van der Waals surface area contributed by atoms with Crippen molar-refractivity contribution in [1.29, 1.82) is 0 Å². The monoisotopic (exact) mass is 376 g/mol. The molecule has 0 aromatic carbocycles. The third-order valence-electron chi connectivity index (χ3n) is 6.42. The van der Waals surface area contributed by atoms with Gasteiger partial charge in [-0.25, -0.2) is 9.97 Å². The summed E-state index contributed by atoms with van der Waals surface area (Å²) in [7, 11) is 2.03. The quantitative estimate of drug-likeness (QED) is 0.585. The average molecular weight is 377 g/mol. The number of hydrogen-bond acceptors (Lipinski definition) is 6. The number of carbonyl (C=O) groups excluding carboxylic acids is 1. The summed E-state index contributed by atoms with van der Waals surface area (Å²) in [4.78, 5) is 23.1. The van der Waals surface area contributed by atoms with Crippen LogP contribution in [0.3, 0.4) is 0 Å². The summed E-state index contributed by atoms with van der Waals surface area (Å²) < 4.78 is 0. The van der Waals surface area contributed by atoms with E-state index in [-0.39, 0.29) is 0 Å². The second kappa shape index (κ2) is 6.68. The lowest BCUT2D eigenvalue weighted by molar-refractivity contribution is -0.133. The molecule has 1 amide bonds. The normalized spacial score (nSPS) is 34.9. The molecular weight excluding hydrogens is 348 g/mol. The number of carbonyl (C=O) groups is 1. The van der Waals surface area contributed by atoms with E-state index in [1.165, 1.54) is 12.8 Å². The Morgan fingerprint density at radius 1 is 1.38 bits per heavy atom. The Kier molecular flexibility index (Phi) is 4.63. The van der Waals surface area contributed by atoms with Crippen LogP contribution in [0.4, 0.5) is 5.82 Å². The van der Waals surface area contributed by atoms with Crippen LogP contribution in [0, 0.1) is 17.8 Å². The number of anilines is 1. The minimum absolute atomic E-state index is 0.309. The summed E-state index contributed by atoms with van der Waals surface area (Å²) in [6, 6.07) is 0.309. The SMILES string of the molecule is CCCSc1ncc(C(N)=O)c(N(C)C2C3CC4CC2CC(O)(C4)C3)n1. The van der Waals surface area contributed by atoms with E-state index in [0.717, 1.165) is 31.4 Å². The smallest absolute Gasteiger partial charge is 0.254 e. The van der Waals surface area contributed by atoms with Crippen molar-refractivity contribution < 1.29 is 9.90 Å². The molecule has 2 unspecified atom stereocenters. The van der Waals surface area contributed by atoms with Gasteiger partial charge in [-0.2, -0.15) is 0 Å². The zero-order valence-corrected chi connectivity index (χ0v) is 16.3. The molecule has 7 heteroatoms. The predicted molar refractivity (Wildman–Crippen MR) is 102 cm³/mol. The molecule has 4 bridgehead atoms. The Hall–Kier alpha value is -1.34. The molecule has 4 saturated carbocycles. The van der Waals surface area contributed by atoms with E-state index in [2.05, 4.69) is 16.8 Å². The van der Waals surface area contributed by atoms with E-state index < -0.39 is 11.5 Å². The van der Waals surface area contributed by atoms with Crippen molar-refractivity contribution in [2.75, 3.05) is 17.7 Å². The maximum absolute atomic E-state index is 12.0. The molecular formula is C19H28N4O2S. The lowest BCUT2D eigenvalue weighted by atomic mass is 9.52. The Labute approximate surface area is 159 Å². The largest absolute Gasteiger partial charge is 0.390 e. The second-order valence-corrected chi connectivity index (χ2v) is 9.46. The number of hydrogen-bond donors (Lipinski definition) is 2. The van der Waals surface area contributed by atoms with Gasteiger partial charge in [-0.1, -0.05) is 18.7 Å². The van der Waals surface area contributed by atoms with E-state index >= 15 is 0 Å². The van der Waals surface area contributed by atoms with Crippen molar-refractivity contribution in [3.63, 3.8) is 0 Å². The van der Waals surface area contributed by atoms with E-state index in [0.29, 0.717) is 40.3 Å². The van der Waals surface area contributed by atoms with Crippen LogP contribution in [0.25, 0.3) is 0 Å². The molecule has 6 nitrogen and oxygen atoms in total. The van der Waals surface area contributed by atoms with Gasteiger partial charge in [-0.3, -0.25) is 4.79 Å². The van der Waals surface area contributed by atoms with Gasteiger partial charge in [0.05, 0.1) is 5.60 Å². The molecule has 0 spiro atoms. The zero-order chi connectivity index (χ0) is 18.5. The van der Waals surface area contributed by atoms with Gasteiger partial charge in [0.25, 0.3) is 5.91 Å². The number of rotatable bonds is 6. The first kappa shape index (κ1) is 18.0. The fraction of sp³-hybridized carbons (Fsp3) is 0.737. The van der Waals surface area contributed by atoms with Crippen LogP contribution in [0.5, 0.6) is 0 Å². The van der Waals surface area contributed by atoms with E-state index in [1.807, 2.05) is 7.05 Å². The number of aromatic nitrogens is 2. The number of thioether (sulfide) groups is 1. The van der Waals surface area contributed by atoms with Crippen LogP contribution in [0.1, 0.15) is 55.8 Å². The Morgan fingerprint density at radius 2 is 2.08 bits per heavy atom. The molecule has 0 aliphatic heterocycles. The molecule has 5 rings (SSSR count). The van der Waals surface area contributed by atoms with Crippen LogP contribution in [0.2, 0.25) is 0 Å². The van der Waals surface area contributed by atoms with Gasteiger partial charge in [0, 0.05) is 25.0 Å². The van der Waals surface area contributed by atoms with Crippen molar-refractivity contribution in [2.45, 2.75) is 62.2 Å². The Morgan fingerprint density at radius 3 is 2.65 bits per heavy atom. The number of nitrogens with two attached hydrogens (primary N) is 1. The maximum atomic E-state index is 12.0. The van der Waals surface area contributed by atoms with E-state index in [1.54, 1.807) is 18.0 Å². The number of nitrogens with zero attached hydrogens (tertiary/aromatic N) is 3. The van der Waals surface area contributed by atoms with Gasteiger partial charge in [0.2, 0.25) is 0 Å². The first-order chi connectivity index (χ1) is 12.4. The molecule has 0 radical (unpaired) electrons. The third kappa shape index (κ3) is 3.09. The minimum atomic E-state index is -0.485. The highest BCUT2D eigenvalue weighted by Crippen LogP contribution is 2.57. The number of aliphatic hydroxyl groups is 1. The molecule has 0 saturated heterocycles. The Balaban J connectivity index is 1.65. The average Bonchev–Trinajstić information content (AvgIpc) is 2.57. The summed E-state index contributed by atoms with van der Waals surface area (Å²) in [5.74, 6) is 2.68. The first-order valence-corrected chi connectivity index (χ1v) is 10.6. The zero-order valence-electron chi connectivity index (χ0n) is 15.5. The molecule has 4 aliphatic rings. The highest BCUT2D eigenvalue weighted by Gasteiger charge is 2.56. The van der Waals surface area contributed by atoms with Gasteiger partial charge in [0.15, 0.2) is 5.16 Å². The Bertz CT molecular complexity index is 697. The highest BCUT2D eigenvalue weighted by molar-refractivity contribution is 7.99. The fourth-order valence-corrected chi connectivity index (χ4v) is 6.46. The van der Waals surface area contributed by atoms with Crippen molar-refractivity contribution in [1.82, 2.24) is 9.97 Å². The van der Waals surface area contributed by atoms with Gasteiger partial charge in [0.1, 0.15) is 11.4 Å². The summed E-state index contributed by atoms with van der Waals surface area (Å²) in [6.07, 6.45) is 7.65. The van der Waals surface area contributed by atoms with Gasteiger partial charge in [-0.05, 0) is 56.3 Å². The van der Waals surface area contributed by atoms with Crippen molar-refractivity contribution in [2.24, 2.45) is 23.5 Å². The summed E-state index contributed by atoms with van der Waals surface area (Å²) in [5, 5.41) is 11.5. The highest BCUT2D eigenvalue weighted by atomic mass is 32.2. The minimum Gasteiger partial charge on any atom is -0.390 e. The first-order valence-electron chi connectivity index (χ1n) is 9.65.